The van der Waals surface area contributed by atoms with Gasteiger partial charge in [0.2, 0.25) is 0 Å². The molecule has 0 bridgehead atoms. The van der Waals surface area contributed by atoms with E-state index in [0.717, 1.165) is 12.2 Å². The van der Waals surface area contributed by atoms with E-state index in [1.54, 1.807) is 6.26 Å². The highest BCUT2D eigenvalue weighted by Crippen LogP contribution is 2.08. The van der Waals surface area contributed by atoms with Gasteiger partial charge in [0.1, 0.15) is 18.2 Å². The predicted molar refractivity (Wildman–Crippen MR) is 74.8 cm³/mol. The van der Waals surface area contributed by atoms with E-state index in [1.807, 2.05) is 19.1 Å². The largest absolute Gasteiger partial charge is 0.469 e. The molecular formula is C13H18N4O4. The minimum atomic E-state index is -0.677. The zero-order chi connectivity index (χ0) is 15.2. The molecule has 2 heterocycles. The summed E-state index contributed by atoms with van der Waals surface area (Å²) >= 11 is 0. The highest BCUT2D eigenvalue weighted by molar-refractivity contribution is 5.20. The van der Waals surface area contributed by atoms with Crippen LogP contribution in [-0.4, -0.2) is 38.5 Å². The van der Waals surface area contributed by atoms with Gasteiger partial charge in [-0.1, -0.05) is 0 Å². The predicted octanol–water partition coefficient (Wildman–Crippen LogP) is 0.966. The van der Waals surface area contributed by atoms with Crippen LogP contribution in [0.3, 0.4) is 0 Å². The third kappa shape index (κ3) is 4.69. The fourth-order valence-electron chi connectivity index (χ4n) is 1.97. The molecule has 8 nitrogen and oxygen atoms in total. The van der Waals surface area contributed by atoms with Crippen LogP contribution in [-0.2, 0) is 13.0 Å². The van der Waals surface area contributed by atoms with Crippen molar-refractivity contribution in [2.45, 2.75) is 32.0 Å². The quantitative estimate of drug-likeness (QED) is 0.555. The van der Waals surface area contributed by atoms with Crippen molar-refractivity contribution in [1.29, 1.82) is 0 Å². The Hall–Kier alpha value is -2.19. The summed E-state index contributed by atoms with van der Waals surface area (Å²) in [5.74, 6) is 0.882. The van der Waals surface area contributed by atoms with Gasteiger partial charge in [-0.2, -0.15) is 5.10 Å². The molecule has 0 saturated carbocycles. The number of nitrogens with one attached hydrogen (secondary N) is 1. The summed E-state index contributed by atoms with van der Waals surface area (Å²) in [5, 5.41) is 27.5. The van der Waals surface area contributed by atoms with E-state index in [2.05, 4.69) is 10.4 Å². The summed E-state index contributed by atoms with van der Waals surface area (Å²) < 4.78 is 6.61. The van der Waals surface area contributed by atoms with Gasteiger partial charge < -0.3 is 14.8 Å². The van der Waals surface area contributed by atoms with Gasteiger partial charge in [-0.3, -0.25) is 14.8 Å². The van der Waals surface area contributed by atoms with Gasteiger partial charge in [0.15, 0.2) is 0 Å². The molecule has 0 aromatic carbocycles. The maximum Gasteiger partial charge on any atom is 0.306 e. The molecular weight excluding hydrogens is 276 g/mol. The second-order valence-electron chi connectivity index (χ2n) is 4.92. The minimum Gasteiger partial charge on any atom is -0.469 e. The SMILES string of the molecule is CC(Cc1ccco1)NCC(O)Cn1cc([N+](=O)[O-])cn1. The molecule has 2 unspecified atom stereocenters. The summed E-state index contributed by atoms with van der Waals surface area (Å²) in [6.45, 7) is 2.57. The summed E-state index contributed by atoms with van der Waals surface area (Å²) in [6.07, 6.45) is 4.15. The summed E-state index contributed by atoms with van der Waals surface area (Å²) in [4.78, 5) is 10.0. The Morgan fingerprint density at radius 2 is 2.43 bits per heavy atom. The first-order chi connectivity index (χ1) is 10.0. The van der Waals surface area contributed by atoms with Crippen molar-refractivity contribution < 1.29 is 14.4 Å². The first-order valence-corrected chi connectivity index (χ1v) is 6.65. The van der Waals surface area contributed by atoms with Gasteiger partial charge >= 0.3 is 5.69 Å². The third-order valence-corrected chi connectivity index (χ3v) is 3.02. The maximum atomic E-state index is 10.5. The summed E-state index contributed by atoms with van der Waals surface area (Å²) in [7, 11) is 0. The van der Waals surface area contributed by atoms with Gasteiger partial charge in [-0.15, -0.1) is 0 Å². The molecule has 2 N–H and O–H groups in total. The van der Waals surface area contributed by atoms with Gasteiger partial charge in [-0.05, 0) is 19.1 Å². The zero-order valence-electron chi connectivity index (χ0n) is 11.7. The molecule has 0 saturated heterocycles. The van der Waals surface area contributed by atoms with Crippen LogP contribution in [0.15, 0.2) is 35.2 Å². The van der Waals surface area contributed by atoms with Crippen molar-refractivity contribution in [1.82, 2.24) is 15.1 Å². The normalized spacial score (nSPS) is 14.0. The molecule has 114 valence electrons. The fraction of sp³-hybridized carbons (Fsp3) is 0.462. The Morgan fingerprint density at radius 3 is 3.05 bits per heavy atom. The number of aromatic nitrogens is 2. The molecule has 2 atom stereocenters. The summed E-state index contributed by atoms with van der Waals surface area (Å²) in [6, 6.07) is 3.89. The molecule has 2 aromatic heterocycles. The molecule has 0 spiro atoms. The molecule has 2 aromatic rings. The number of nitro groups is 1. The lowest BCUT2D eigenvalue weighted by molar-refractivity contribution is -0.385. The lowest BCUT2D eigenvalue weighted by atomic mass is 10.2. The minimum absolute atomic E-state index is 0.0821. The van der Waals surface area contributed by atoms with Crippen LogP contribution in [0.1, 0.15) is 12.7 Å². The standard InChI is InChI=1S/C13H18N4O4/c1-10(5-13-3-2-4-21-13)14-7-12(18)9-16-8-11(6-15-16)17(19)20/h2-4,6,8,10,12,14,18H,5,7,9H2,1H3. The van der Waals surface area contributed by atoms with Crippen LogP contribution >= 0.6 is 0 Å². The van der Waals surface area contributed by atoms with Gasteiger partial charge in [0, 0.05) is 19.0 Å². The molecule has 0 aliphatic carbocycles. The van der Waals surface area contributed by atoms with E-state index in [1.165, 1.54) is 17.1 Å². The number of nitrogens with zero attached hydrogens (tertiary/aromatic N) is 3. The van der Waals surface area contributed by atoms with Crippen LogP contribution in [0, 0.1) is 10.1 Å². The lowest BCUT2D eigenvalue weighted by Gasteiger charge is -2.16. The molecule has 0 aliphatic heterocycles. The maximum absolute atomic E-state index is 10.5. The van der Waals surface area contributed by atoms with Gasteiger partial charge in [0.25, 0.3) is 0 Å². The highest BCUT2D eigenvalue weighted by atomic mass is 16.6. The Labute approximate surface area is 121 Å². The number of hydrogen-bond acceptors (Lipinski definition) is 6. The monoisotopic (exact) mass is 294 g/mol. The number of hydrogen-bond donors (Lipinski definition) is 2. The average Bonchev–Trinajstić information content (AvgIpc) is 3.08. The van der Waals surface area contributed by atoms with E-state index in [0.29, 0.717) is 6.54 Å². The van der Waals surface area contributed by atoms with Crippen LogP contribution in [0.5, 0.6) is 0 Å². The van der Waals surface area contributed by atoms with Gasteiger partial charge in [-0.25, -0.2) is 0 Å². The number of aliphatic hydroxyl groups excluding tert-OH is 1. The third-order valence-electron chi connectivity index (χ3n) is 3.02. The zero-order valence-corrected chi connectivity index (χ0v) is 11.7. The second kappa shape index (κ2) is 7.00. The number of aliphatic hydroxyl groups is 1. The van der Waals surface area contributed by atoms with Crippen molar-refractivity contribution in [3.63, 3.8) is 0 Å². The lowest BCUT2D eigenvalue weighted by Crippen LogP contribution is -2.36. The molecule has 21 heavy (non-hydrogen) atoms. The molecule has 2 rings (SSSR count). The van der Waals surface area contributed by atoms with Crippen molar-refractivity contribution in [2.75, 3.05) is 6.54 Å². The van der Waals surface area contributed by atoms with Gasteiger partial charge in [0.05, 0.1) is 23.8 Å². The van der Waals surface area contributed by atoms with E-state index in [4.69, 9.17) is 4.42 Å². The topological polar surface area (TPSA) is 106 Å². The van der Waals surface area contributed by atoms with Crippen molar-refractivity contribution in [2.24, 2.45) is 0 Å². The number of rotatable bonds is 8. The molecule has 0 fully saturated rings. The summed E-state index contributed by atoms with van der Waals surface area (Å²) in [5.41, 5.74) is -0.0821. The van der Waals surface area contributed by atoms with E-state index < -0.39 is 11.0 Å². The molecule has 8 heteroatoms. The Bertz CT molecular complexity index is 566. The Kier molecular flexibility index (Phi) is 5.07. The Morgan fingerprint density at radius 1 is 1.62 bits per heavy atom. The number of furan rings is 1. The van der Waals surface area contributed by atoms with Crippen LogP contribution in [0.2, 0.25) is 0 Å². The van der Waals surface area contributed by atoms with E-state index in [-0.39, 0.29) is 18.3 Å². The van der Waals surface area contributed by atoms with Crippen LogP contribution in [0.25, 0.3) is 0 Å². The first-order valence-electron chi connectivity index (χ1n) is 6.65. The molecule has 0 aliphatic rings. The highest BCUT2D eigenvalue weighted by Gasteiger charge is 2.13. The first kappa shape index (κ1) is 15.2. The second-order valence-corrected chi connectivity index (χ2v) is 4.92. The smallest absolute Gasteiger partial charge is 0.306 e. The van der Waals surface area contributed by atoms with E-state index in [9.17, 15) is 15.2 Å². The fourth-order valence-corrected chi connectivity index (χ4v) is 1.97. The Balaban J connectivity index is 1.73. The molecule has 0 radical (unpaired) electrons. The van der Waals surface area contributed by atoms with Crippen molar-refractivity contribution in [3.05, 3.63) is 46.7 Å². The van der Waals surface area contributed by atoms with Crippen molar-refractivity contribution >= 4 is 5.69 Å². The van der Waals surface area contributed by atoms with Crippen LogP contribution < -0.4 is 5.32 Å². The van der Waals surface area contributed by atoms with Crippen molar-refractivity contribution in [3.8, 4) is 0 Å². The van der Waals surface area contributed by atoms with Crippen LogP contribution in [0.4, 0.5) is 5.69 Å². The van der Waals surface area contributed by atoms with E-state index >= 15 is 0 Å². The molecule has 0 amide bonds. The average molecular weight is 294 g/mol.